The number of alkyl halides is 3. The molecule has 0 fully saturated rings. The Labute approximate surface area is 217 Å². The number of hydrazone groups is 1. The zero-order chi connectivity index (χ0) is 27.2. The van der Waals surface area contributed by atoms with Gasteiger partial charge in [-0.3, -0.25) is 14.5 Å². The van der Waals surface area contributed by atoms with E-state index in [0.717, 1.165) is 27.6 Å². The van der Waals surface area contributed by atoms with Crippen molar-refractivity contribution in [1.82, 2.24) is 4.90 Å². The lowest BCUT2D eigenvalue weighted by Crippen LogP contribution is -2.41. The summed E-state index contributed by atoms with van der Waals surface area (Å²) in [4.78, 5) is 26.5. The Morgan fingerprint density at radius 1 is 1.14 bits per heavy atom. The van der Waals surface area contributed by atoms with Gasteiger partial charge in [-0.1, -0.05) is 12.1 Å². The zero-order valence-electron chi connectivity index (χ0n) is 20.6. The van der Waals surface area contributed by atoms with Crippen molar-refractivity contribution < 1.29 is 37.3 Å². The van der Waals surface area contributed by atoms with Crippen LogP contribution in [0.4, 0.5) is 18.9 Å². The third-order valence-electron chi connectivity index (χ3n) is 5.44. The fourth-order valence-corrected chi connectivity index (χ4v) is 4.31. The largest absolute Gasteiger partial charge is 0.480 e. The molecule has 0 spiro atoms. The van der Waals surface area contributed by atoms with E-state index in [9.17, 15) is 27.9 Å². The molecule has 1 aliphatic heterocycles. The van der Waals surface area contributed by atoms with Crippen molar-refractivity contribution in [3.63, 3.8) is 0 Å². The molecule has 0 aromatic heterocycles. The molecule has 0 bridgehead atoms. The first-order valence-corrected chi connectivity index (χ1v) is 12.1. The van der Waals surface area contributed by atoms with Crippen molar-refractivity contribution in [2.45, 2.75) is 36.2 Å². The van der Waals surface area contributed by atoms with Crippen molar-refractivity contribution in [2.75, 3.05) is 38.4 Å². The quantitative estimate of drug-likeness (QED) is 0.421. The van der Waals surface area contributed by atoms with Crippen LogP contribution in [0.25, 0.3) is 0 Å². The topological polar surface area (TPSA) is 91.7 Å². The summed E-state index contributed by atoms with van der Waals surface area (Å²) in [6, 6.07) is 11.7. The van der Waals surface area contributed by atoms with E-state index in [1.165, 1.54) is 23.9 Å². The number of carbonyl (C=O) groups excluding carboxylic acids is 1. The van der Waals surface area contributed by atoms with E-state index in [1.54, 1.807) is 21.0 Å². The number of amides is 1. The summed E-state index contributed by atoms with van der Waals surface area (Å²) in [7, 11) is 1.58. The van der Waals surface area contributed by atoms with Crippen molar-refractivity contribution in [2.24, 2.45) is 5.10 Å². The number of carboxylic acids is 1. The zero-order valence-corrected chi connectivity index (χ0v) is 21.4. The molecule has 1 amide bonds. The molecule has 2 aromatic carbocycles. The summed E-state index contributed by atoms with van der Waals surface area (Å²) in [6.07, 6.45) is -4.48. The number of nitrogens with zero attached hydrogens (tertiary/aromatic N) is 3. The van der Waals surface area contributed by atoms with Crippen LogP contribution in [-0.4, -0.2) is 65.9 Å². The number of methoxy groups -OCH3 is 1. The maximum absolute atomic E-state index is 12.9. The molecule has 8 nitrogen and oxygen atoms in total. The third kappa shape index (κ3) is 7.94. The number of carbonyl (C=O) groups is 2. The first-order valence-electron chi connectivity index (χ1n) is 11.3. The average Bonchev–Trinajstić information content (AvgIpc) is 2.84. The fourth-order valence-electron chi connectivity index (χ4n) is 3.36. The van der Waals surface area contributed by atoms with Crippen LogP contribution in [0.2, 0.25) is 0 Å². The summed E-state index contributed by atoms with van der Waals surface area (Å²) in [5, 5.41) is 14.6. The molecule has 0 aliphatic carbocycles. The van der Waals surface area contributed by atoms with Crippen molar-refractivity contribution in [1.29, 1.82) is 0 Å². The van der Waals surface area contributed by atoms with Gasteiger partial charge in [0.25, 0.3) is 5.91 Å². The van der Waals surface area contributed by atoms with Crippen molar-refractivity contribution in [3.05, 3.63) is 59.7 Å². The summed E-state index contributed by atoms with van der Waals surface area (Å²) in [5.41, 5.74) is 0.350. The van der Waals surface area contributed by atoms with Gasteiger partial charge < -0.3 is 14.6 Å². The molecule has 2 aromatic rings. The molecular weight excluding hydrogens is 511 g/mol. The number of halogens is 3. The van der Waals surface area contributed by atoms with E-state index in [2.05, 4.69) is 5.10 Å². The molecule has 0 saturated heterocycles. The minimum absolute atomic E-state index is 0.208. The van der Waals surface area contributed by atoms with Crippen LogP contribution < -0.4 is 5.01 Å². The molecule has 12 heteroatoms. The van der Waals surface area contributed by atoms with Crippen LogP contribution >= 0.6 is 11.8 Å². The van der Waals surface area contributed by atoms with Crippen LogP contribution in [0.3, 0.4) is 0 Å². The number of ether oxygens (including phenoxy) is 2. The number of thioether (sulfide) groups is 1. The first-order chi connectivity index (χ1) is 17.4. The molecule has 0 unspecified atom stereocenters. The van der Waals surface area contributed by atoms with Crippen molar-refractivity contribution >= 4 is 35.2 Å². The molecule has 0 saturated carbocycles. The van der Waals surface area contributed by atoms with Crippen LogP contribution in [0.1, 0.15) is 25.0 Å². The van der Waals surface area contributed by atoms with E-state index in [-0.39, 0.29) is 24.7 Å². The first kappa shape index (κ1) is 28.5. The van der Waals surface area contributed by atoms with Gasteiger partial charge >= 0.3 is 12.1 Å². The number of hydrogen-bond donors (Lipinski definition) is 1. The van der Waals surface area contributed by atoms with Gasteiger partial charge in [-0.05, 0) is 55.8 Å². The van der Waals surface area contributed by atoms with Gasteiger partial charge in [-0.15, -0.1) is 16.9 Å². The Hall–Kier alpha value is -3.09. The molecule has 1 aliphatic rings. The lowest BCUT2D eigenvalue weighted by molar-refractivity contribution is -0.139. The van der Waals surface area contributed by atoms with Gasteiger partial charge in [0, 0.05) is 25.1 Å². The molecule has 1 N–H and O–H groups in total. The molecule has 37 heavy (non-hydrogen) atoms. The number of benzene rings is 2. The van der Waals surface area contributed by atoms with Gasteiger partial charge in [-0.2, -0.15) is 18.2 Å². The Bertz CT molecular complexity index is 1120. The molecule has 3 rings (SSSR count). The van der Waals surface area contributed by atoms with Crippen molar-refractivity contribution in [3.8, 4) is 0 Å². The standard InChI is InChI=1S/C25H28F3N3O5S/c1-24(2,23(33)34)37-20-10-4-17(5-11-20)14-30(12-13-35-3)15-21-29-31(22(32)16-36-21)19-8-6-18(7-9-19)25(26,27)28/h4-11H,12-16H2,1-3H3,(H,33,34). The monoisotopic (exact) mass is 539 g/mol. The minimum Gasteiger partial charge on any atom is -0.480 e. The van der Waals surface area contributed by atoms with E-state index in [1.807, 2.05) is 29.2 Å². The lowest BCUT2D eigenvalue weighted by atomic mass is 10.2. The highest BCUT2D eigenvalue weighted by atomic mass is 32.2. The van der Waals surface area contributed by atoms with E-state index in [0.29, 0.717) is 19.7 Å². The minimum atomic E-state index is -4.48. The Morgan fingerprint density at radius 3 is 2.35 bits per heavy atom. The molecule has 200 valence electrons. The smallest absolute Gasteiger partial charge is 0.416 e. The second-order valence-corrected chi connectivity index (χ2v) is 10.5. The highest BCUT2D eigenvalue weighted by molar-refractivity contribution is 8.01. The number of hydrogen-bond acceptors (Lipinski definition) is 7. The van der Waals surface area contributed by atoms with E-state index < -0.39 is 28.4 Å². The SMILES string of the molecule is COCCN(CC1=NN(c2ccc(C(F)(F)F)cc2)C(=O)CO1)Cc1ccc(SC(C)(C)C(=O)O)cc1. The maximum atomic E-state index is 12.9. The number of anilines is 1. The number of aliphatic carboxylic acids is 1. The maximum Gasteiger partial charge on any atom is 0.416 e. The van der Waals surface area contributed by atoms with Gasteiger partial charge in [0.1, 0.15) is 4.75 Å². The predicted octanol–water partition coefficient (Wildman–Crippen LogP) is 4.49. The highest BCUT2D eigenvalue weighted by Gasteiger charge is 2.31. The van der Waals surface area contributed by atoms with Gasteiger partial charge in [0.15, 0.2) is 6.61 Å². The predicted molar refractivity (Wildman–Crippen MR) is 133 cm³/mol. The number of carboxylic acid groups (broad SMARTS) is 1. The van der Waals surface area contributed by atoms with Gasteiger partial charge in [-0.25, -0.2) is 0 Å². The Balaban J connectivity index is 1.72. The van der Waals surface area contributed by atoms with E-state index >= 15 is 0 Å². The normalized spacial score (nSPS) is 14.5. The molecule has 1 heterocycles. The Morgan fingerprint density at radius 2 is 1.78 bits per heavy atom. The lowest BCUT2D eigenvalue weighted by Gasteiger charge is -2.28. The second-order valence-electron chi connectivity index (χ2n) is 8.80. The van der Waals surface area contributed by atoms with Crippen LogP contribution in [0.5, 0.6) is 0 Å². The summed E-state index contributed by atoms with van der Waals surface area (Å²) in [5.74, 6) is -1.15. The summed E-state index contributed by atoms with van der Waals surface area (Å²) in [6.45, 7) is 4.67. The number of rotatable bonds is 11. The summed E-state index contributed by atoms with van der Waals surface area (Å²) < 4.78 is 48.4. The Kier molecular flexibility index (Phi) is 9.21. The van der Waals surface area contributed by atoms with Crippen LogP contribution in [0, 0.1) is 0 Å². The summed E-state index contributed by atoms with van der Waals surface area (Å²) >= 11 is 1.25. The highest BCUT2D eigenvalue weighted by Crippen LogP contribution is 2.33. The second kappa shape index (κ2) is 12.0. The van der Waals surface area contributed by atoms with Crippen LogP contribution in [-0.2, 0) is 31.8 Å². The average molecular weight is 540 g/mol. The van der Waals surface area contributed by atoms with E-state index in [4.69, 9.17) is 9.47 Å². The molecule has 0 atom stereocenters. The van der Waals surface area contributed by atoms with Crippen LogP contribution in [0.15, 0.2) is 58.5 Å². The third-order valence-corrected chi connectivity index (χ3v) is 6.63. The molecular formula is C25H28F3N3O5S. The van der Waals surface area contributed by atoms with Gasteiger partial charge in [0.2, 0.25) is 5.90 Å². The molecule has 0 radical (unpaired) electrons. The van der Waals surface area contributed by atoms with Gasteiger partial charge in [0.05, 0.1) is 24.4 Å². The fraction of sp³-hybridized carbons (Fsp3) is 0.400.